The molecule has 2 unspecified atom stereocenters. The quantitative estimate of drug-likeness (QED) is 0.244. The average Bonchev–Trinajstić information content (AvgIpc) is 2.87. The molecule has 1 heterocycles. The number of methoxy groups -OCH3 is 1. The first-order valence-electron chi connectivity index (χ1n) is 12.0. The van der Waals surface area contributed by atoms with E-state index < -0.39 is 89.2 Å². The van der Waals surface area contributed by atoms with Gasteiger partial charge in [0, 0.05) is 42.0 Å². The van der Waals surface area contributed by atoms with Crippen LogP contribution < -0.4 is 10.5 Å². The van der Waals surface area contributed by atoms with E-state index in [1.807, 2.05) is 0 Å². The summed E-state index contributed by atoms with van der Waals surface area (Å²) in [5.74, 6) is -4.52. The van der Waals surface area contributed by atoms with Gasteiger partial charge in [-0.3, -0.25) is 9.59 Å². The molecule has 13 heteroatoms. The first-order valence-corrected chi connectivity index (χ1v) is 12.0. The standard InChI is InChI=1S/C26H27NO11.ClH/c1-9-20(28)12(27)6-15(37-9)38-14-8-26(35,25(33)34)7-11-17(14)24(32)19-18(22(11)30)21(29)10-4-3-5-13(36-2)16(10)23(19)31;/h3-5,9,12,14-15,20,28,30,32,35H,6-8,27H2,1-2H3,(H,33,34);1H/t9?,12-,14?,15+,20-,26+;/m1./s1. The molecule has 2 aromatic rings. The molecule has 3 aliphatic rings. The maximum absolute atomic E-state index is 13.6. The Kier molecular flexibility index (Phi) is 7.40. The average molecular weight is 566 g/mol. The summed E-state index contributed by atoms with van der Waals surface area (Å²) in [6.07, 6.45) is -5.42. The molecule has 1 fully saturated rings. The van der Waals surface area contributed by atoms with Crippen molar-refractivity contribution in [1.29, 1.82) is 0 Å². The van der Waals surface area contributed by atoms with Crippen LogP contribution in [0.15, 0.2) is 18.2 Å². The second-order valence-electron chi connectivity index (χ2n) is 9.88. The number of carbonyl (C=O) groups is 3. The highest BCUT2D eigenvalue weighted by Crippen LogP contribution is 2.52. The number of nitrogens with two attached hydrogens (primary N) is 1. The van der Waals surface area contributed by atoms with Crippen LogP contribution in [-0.4, -0.2) is 80.3 Å². The number of ketones is 2. The van der Waals surface area contributed by atoms with Gasteiger partial charge in [0.15, 0.2) is 17.7 Å². The Labute approximate surface area is 228 Å². The minimum Gasteiger partial charge on any atom is -0.507 e. The normalized spacial score (nSPS) is 29.5. The predicted octanol–water partition coefficient (Wildman–Crippen LogP) is 0.946. The Balaban J connectivity index is 0.00000353. The zero-order valence-corrected chi connectivity index (χ0v) is 21.7. The van der Waals surface area contributed by atoms with Crippen molar-refractivity contribution in [2.75, 3.05) is 7.11 Å². The number of carbonyl (C=O) groups excluding carboxylic acids is 2. The minimum absolute atomic E-state index is 0. The van der Waals surface area contributed by atoms with Crippen molar-refractivity contribution < 1.29 is 54.1 Å². The first kappa shape index (κ1) is 28.7. The maximum atomic E-state index is 13.6. The number of phenolic OH excluding ortho intramolecular Hbond substituents is 2. The number of aromatic hydroxyl groups is 2. The first-order chi connectivity index (χ1) is 17.9. The molecule has 0 spiro atoms. The third kappa shape index (κ3) is 4.33. The molecule has 0 radical (unpaired) electrons. The summed E-state index contributed by atoms with van der Waals surface area (Å²) in [6, 6.07) is 3.60. The van der Waals surface area contributed by atoms with Gasteiger partial charge in [0.25, 0.3) is 0 Å². The van der Waals surface area contributed by atoms with Gasteiger partial charge in [-0.15, -0.1) is 12.4 Å². The van der Waals surface area contributed by atoms with E-state index in [1.165, 1.54) is 25.3 Å². The van der Waals surface area contributed by atoms with Crippen molar-refractivity contribution in [2.24, 2.45) is 5.73 Å². The summed E-state index contributed by atoms with van der Waals surface area (Å²) in [5.41, 5.74) is 1.98. The van der Waals surface area contributed by atoms with E-state index in [2.05, 4.69) is 0 Å². The van der Waals surface area contributed by atoms with Gasteiger partial charge in [-0.25, -0.2) is 4.79 Å². The number of carboxylic acid groups (broad SMARTS) is 1. The monoisotopic (exact) mass is 565 g/mol. The lowest BCUT2D eigenvalue weighted by atomic mass is 9.73. The number of benzene rings is 2. The second kappa shape index (κ2) is 10.0. The van der Waals surface area contributed by atoms with Gasteiger partial charge in [-0.1, -0.05) is 12.1 Å². The number of fused-ring (bicyclic) bond motifs is 3. The Morgan fingerprint density at radius 1 is 1.13 bits per heavy atom. The zero-order chi connectivity index (χ0) is 27.7. The van der Waals surface area contributed by atoms with E-state index in [4.69, 9.17) is 19.9 Å². The van der Waals surface area contributed by atoms with Crippen LogP contribution in [0.25, 0.3) is 0 Å². The topological polar surface area (TPSA) is 206 Å². The molecule has 2 aromatic carbocycles. The number of ether oxygens (including phenoxy) is 3. The molecule has 210 valence electrons. The minimum atomic E-state index is -2.44. The summed E-state index contributed by atoms with van der Waals surface area (Å²) in [6.45, 7) is 1.57. The van der Waals surface area contributed by atoms with Crippen molar-refractivity contribution in [2.45, 2.75) is 62.4 Å². The van der Waals surface area contributed by atoms with Gasteiger partial charge >= 0.3 is 5.97 Å². The van der Waals surface area contributed by atoms with Crippen molar-refractivity contribution in [3.05, 3.63) is 51.6 Å². The number of aliphatic carboxylic acids is 1. The summed E-state index contributed by atoms with van der Waals surface area (Å²) < 4.78 is 16.9. The molecule has 0 saturated carbocycles. The Bertz CT molecular complexity index is 1370. The van der Waals surface area contributed by atoms with Crippen molar-refractivity contribution in [1.82, 2.24) is 0 Å². The van der Waals surface area contributed by atoms with Gasteiger partial charge < -0.3 is 45.5 Å². The highest BCUT2D eigenvalue weighted by atomic mass is 35.5. The SMILES string of the molecule is COc1cccc2c1C(=O)c1c(O)c3c(c(O)c1C2=O)C[C@@](O)(C(=O)O)CC3O[C@H]1C[C@@H](N)[C@H](O)C(C)O1.Cl. The van der Waals surface area contributed by atoms with Crippen LogP contribution in [0.1, 0.15) is 68.8 Å². The number of hydrogen-bond donors (Lipinski definition) is 6. The fourth-order valence-corrected chi connectivity index (χ4v) is 5.55. The van der Waals surface area contributed by atoms with E-state index in [0.717, 1.165) is 0 Å². The van der Waals surface area contributed by atoms with Crippen LogP contribution in [-0.2, 0) is 20.7 Å². The van der Waals surface area contributed by atoms with Gasteiger partial charge in [0.2, 0.25) is 5.78 Å². The van der Waals surface area contributed by atoms with Gasteiger partial charge in [-0.2, -0.15) is 0 Å². The molecular formula is C26H28ClNO11. The molecule has 1 saturated heterocycles. The summed E-state index contributed by atoms with van der Waals surface area (Å²) in [5, 5.41) is 53.5. The van der Waals surface area contributed by atoms with Crippen molar-refractivity contribution in [3.8, 4) is 17.2 Å². The van der Waals surface area contributed by atoms with Gasteiger partial charge in [-0.05, 0) is 13.0 Å². The Hall–Kier alpha value is -3.26. The lowest BCUT2D eigenvalue weighted by Crippen LogP contribution is -2.52. The molecule has 1 aliphatic heterocycles. The molecule has 2 aliphatic carbocycles. The van der Waals surface area contributed by atoms with Gasteiger partial charge in [0.05, 0.1) is 42.1 Å². The number of phenols is 2. The molecule has 39 heavy (non-hydrogen) atoms. The summed E-state index contributed by atoms with van der Waals surface area (Å²) in [4.78, 5) is 39.1. The predicted molar refractivity (Wildman–Crippen MR) is 135 cm³/mol. The summed E-state index contributed by atoms with van der Waals surface area (Å²) >= 11 is 0. The molecule has 5 rings (SSSR count). The lowest BCUT2D eigenvalue weighted by Gasteiger charge is -2.41. The number of rotatable bonds is 4. The number of carboxylic acids is 1. The highest BCUT2D eigenvalue weighted by Gasteiger charge is 2.50. The fraction of sp³-hybridized carbons (Fsp3) is 0.423. The number of aliphatic hydroxyl groups excluding tert-OH is 1. The number of hydrogen-bond acceptors (Lipinski definition) is 11. The van der Waals surface area contributed by atoms with E-state index in [9.17, 15) is 39.9 Å². The zero-order valence-electron chi connectivity index (χ0n) is 20.9. The molecule has 0 amide bonds. The van der Waals surface area contributed by atoms with Crippen LogP contribution in [0.3, 0.4) is 0 Å². The fourth-order valence-electron chi connectivity index (χ4n) is 5.55. The number of aliphatic hydroxyl groups is 2. The third-order valence-corrected chi connectivity index (χ3v) is 7.54. The van der Waals surface area contributed by atoms with Crippen LogP contribution in [0.5, 0.6) is 17.2 Å². The van der Waals surface area contributed by atoms with Gasteiger partial charge in [0.1, 0.15) is 17.2 Å². The van der Waals surface area contributed by atoms with Crippen LogP contribution >= 0.6 is 12.4 Å². The second-order valence-corrected chi connectivity index (χ2v) is 9.88. The van der Waals surface area contributed by atoms with Crippen LogP contribution in [0.4, 0.5) is 0 Å². The van der Waals surface area contributed by atoms with E-state index >= 15 is 0 Å². The van der Waals surface area contributed by atoms with Crippen molar-refractivity contribution >= 4 is 29.9 Å². The molecule has 6 atom stereocenters. The molecule has 7 N–H and O–H groups in total. The largest absolute Gasteiger partial charge is 0.507 e. The Morgan fingerprint density at radius 3 is 2.41 bits per heavy atom. The molecular weight excluding hydrogens is 538 g/mol. The number of halogens is 1. The third-order valence-electron chi connectivity index (χ3n) is 7.54. The molecule has 12 nitrogen and oxygen atoms in total. The van der Waals surface area contributed by atoms with Crippen LogP contribution in [0.2, 0.25) is 0 Å². The summed E-state index contributed by atoms with van der Waals surface area (Å²) in [7, 11) is 1.32. The van der Waals surface area contributed by atoms with Crippen LogP contribution in [0, 0.1) is 0 Å². The van der Waals surface area contributed by atoms with Crippen molar-refractivity contribution in [3.63, 3.8) is 0 Å². The highest BCUT2D eigenvalue weighted by molar-refractivity contribution is 6.31. The smallest absolute Gasteiger partial charge is 0.336 e. The molecule has 0 bridgehead atoms. The van der Waals surface area contributed by atoms with E-state index in [-0.39, 0.29) is 46.8 Å². The van der Waals surface area contributed by atoms with E-state index in [0.29, 0.717) is 0 Å². The lowest BCUT2D eigenvalue weighted by molar-refractivity contribution is -0.248. The maximum Gasteiger partial charge on any atom is 0.336 e. The van der Waals surface area contributed by atoms with E-state index in [1.54, 1.807) is 6.92 Å². The molecule has 0 aromatic heterocycles. The Morgan fingerprint density at radius 2 is 1.79 bits per heavy atom.